The molecule has 0 saturated carbocycles. The van der Waals surface area contributed by atoms with E-state index in [0.29, 0.717) is 64.9 Å². The Bertz CT molecular complexity index is 1720. The lowest BCUT2D eigenvalue weighted by molar-refractivity contribution is -0.141. The van der Waals surface area contributed by atoms with E-state index in [1.165, 1.54) is 17.9 Å². The molecule has 0 amide bonds. The number of hydrogen-bond donors (Lipinski definition) is 1. The van der Waals surface area contributed by atoms with Crippen molar-refractivity contribution >= 4 is 5.97 Å². The average Bonchev–Trinajstić information content (AvgIpc) is 3.69. The molecule has 0 spiro atoms. The number of aromatic nitrogens is 3. The van der Waals surface area contributed by atoms with E-state index in [2.05, 4.69) is 10.1 Å². The van der Waals surface area contributed by atoms with E-state index in [4.69, 9.17) is 14.2 Å². The Labute approximate surface area is 252 Å². The van der Waals surface area contributed by atoms with Gasteiger partial charge >= 0.3 is 12.1 Å². The van der Waals surface area contributed by atoms with Crippen molar-refractivity contribution in [3.05, 3.63) is 82.7 Å². The van der Waals surface area contributed by atoms with Crippen LogP contribution in [0.25, 0.3) is 22.5 Å². The Morgan fingerprint density at radius 3 is 2.43 bits per heavy atom. The van der Waals surface area contributed by atoms with Crippen LogP contribution in [0.15, 0.2) is 54.6 Å². The minimum absolute atomic E-state index is 0.106. The second-order valence-electron chi connectivity index (χ2n) is 11.7. The van der Waals surface area contributed by atoms with E-state index >= 15 is 0 Å². The SMILES string of the molecule is COC(=O)C[C@@H]1COc2cc(O[C@@H]3CCc4c3ccc(C(F)(F)F)c4-c3ccc(-c4nc(C(C)(C)O)n(C)n4)cc3)ccc21. The minimum Gasteiger partial charge on any atom is -0.492 e. The van der Waals surface area contributed by atoms with Gasteiger partial charge in [-0.05, 0) is 61.1 Å². The molecular formula is C33H32F3N3O5. The number of hydrogen-bond acceptors (Lipinski definition) is 7. The van der Waals surface area contributed by atoms with Gasteiger partial charge in [-0.1, -0.05) is 36.4 Å². The maximum absolute atomic E-state index is 14.3. The maximum atomic E-state index is 14.3. The Balaban J connectivity index is 1.30. The number of nitrogens with zero attached hydrogens (tertiary/aromatic N) is 3. The van der Waals surface area contributed by atoms with Crippen LogP contribution in [0.3, 0.4) is 0 Å². The zero-order chi connectivity index (χ0) is 31.4. The van der Waals surface area contributed by atoms with Crippen molar-refractivity contribution < 1.29 is 37.3 Å². The van der Waals surface area contributed by atoms with Crippen molar-refractivity contribution in [1.29, 1.82) is 0 Å². The molecule has 0 fully saturated rings. The molecule has 8 nitrogen and oxygen atoms in total. The van der Waals surface area contributed by atoms with Crippen molar-refractivity contribution in [2.75, 3.05) is 13.7 Å². The number of rotatable bonds is 7. The molecule has 3 aromatic carbocycles. The van der Waals surface area contributed by atoms with Gasteiger partial charge < -0.3 is 19.3 Å². The Morgan fingerprint density at radius 2 is 1.77 bits per heavy atom. The van der Waals surface area contributed by atoms with Crippen molar-refractivity contribution in [3.63, 3.8) is 0 Å². The van der Waals surface area contributed by atoms with E-state index in [1.807, 2.05) is 6.07 Å². The maximum Gasteiger partial charge on any atom is 0.417 e. The van der Waals surface area contributed by atoms with E-state index in [1.54, 1.807) is 57.3 Å². The zero-order valence-corrected chi connectivity index (χ0v) is 24.7. The summed E-state index contributed by atoms with van der Waals surface area (Å²) in [5.74, 6) is 1.49. The lowest BCUT2D eigenvalue weighted by Gasteiger charge is -2.20. The highest BCUT2D eigenvalue weighted by atomic mass is 19.4. The van der Waals surface area contributed by atoms with Crippen molar-refractivity contribution in [2.45, 2.75) is 56.9 Å². The molecule has 0 bridgehead atoms. The van der Waals surface area contributed by atoms with Crippen molar-refractivity contribution in [1.82, 2.24) is 14.8 Å². The fraction of sp³-hybridized carbons (Fsp3) is 0.364. The van der Waals surface area contributed by atoms with Gasteiger partial charge in [0.1, 0.15) is 23.2 Å². The second-order valence-corrected chi connectivity index (χ2v) is 11.7. The molecule has 4 aromatic rings. The summed E-state index contributed by atoms with van der Waals surface area (Å²) in [6.07, 6.45) is -3.84. The third-order valence-corrected chi connectivity index (χ3v) is 8.18. The molecule has 2 heterocycles. The predicted octanol–water partition coefficient (Wildman–Crippen LogP) is 6.50. The highest BCUT2D eigenvalue weighted by Crippen LogP contribution is 2.47. The molecule has 1 N–H and O–H groups in total. The molecule has 6 rings (SSSR count). The Hall–Kier alpha value is -4.38. The van der Waals surface area contributed by atoms with Crippen LogP contribution in [0.1, 0.15) is 66.8 Å². The quantitative estimate of drug-likeness (QED) is 0.240. The molecule has 0 unspecified atom stereocenters. The lowest BCUT2D eigenvalue weighted by atomic mass is 9.91. The molecule has 1 aliphatic heterocycles. The zero-order valence-electron chi connectivity index (χ0n) is 24.7. The average molecular weight is 608 g/mol. The number of halogens is 3. The van der Waals surface area contributed by atoms with Crippen LogP contribution in [-0.2, 0) is 34.8 Å². The van der Waals surface area contributed by atoms with Crippen LogP contribution in [0.5, 0.6) is 11.5 Å². The number of methoxy groups -OCH3 is 1. The third kappa shape index (κ3) is 5.52. The number of esters is 1. The normalized spacial score (nSPS) is 17.6. The van der Waals surface area contributed by atoms with Gasteiger partial charge in [-0.25, -0.2) is 9.67 Å². The highest BCUT2D eigenvalue weighted by molar-refractivity contribution is 5.76. The van der Waals surface area contributed by atoms with Crippen LogP contribution in [-0.4, -0.2) is 39.6 Å². The summed E-state index contributed by atoms with van der Waals surface area (Å²) in [7, 11) is 3.03. The van der Waals surface area contributed by atoms with E-state index in [0.717, 1.165) is 11.6 Å². The number of benzene rings is 3. The number of fused-ring (bicyclic) bond motifs is 2. The van der Waals surface area contributed by atoms with Gasteiger partial charge in [0, 0.05) is 30.2 Å². The first-order valence-electron chi connectivity index (χ1n) is 14.3. The van der Waals surface area contributed by atoms with Gasteiger partial charge in [-0.3, -0.25) is 4.79 Å². The first-order chi connectivity index (χ1) is 20.8. The number of carbonyl (C=O) groups is 1. The van der Waals surface area contributed by atoms with Gasteiger partial charge in [-0.2, -0.15) is 18.3 Å². The summed E-state index contributed by atoms with van der Waals surface area (Å²) in [6.45, 7) is 3.58. The molecule has 11 heteroatoms. The van der Waals surface area contributed by atoms with Gasteiger partial charge in [0.05, 0.1) is 25.7 Å². The minimum atomic E-state index is -4.55. The van der Waals surface area contributed by atoms with Crippen LogP contribution < -0.4 is 9.47 Å². The molecule has 1 aromatic heterocycles. The largest absolute Gasteiger partial charge is 0.492 e. The first-order valence-corrected chi connectivity index (χ1v) is 14.3. The summed E-state index contributed by atoms with van der Waals surface area (Å²) >= 11 is 0. The summed E-state index contributed by atoms with van der Waals surface area (Å²) in [6, 6.07) is 14.8. The molecule has 44 heavy (non-hydrogen) atoms. The van der Waals surface area contributed by atoms with Crippen LogP contribution in [0.4, 0.5) is 13.2 Å². The molecule has 2 atom stereocenters. The standard InChI is InChI=1S/C33H32F3N3O5/c1-32(2,41)31-37-30(38-39(31)3)19-7-5-18(6-8-19)29-24-12-14-26(23(24)11-13-25(29)33(34,35)36)44-21-9-10-22-20(15-28(40)42-4)17-43-27(22)16-21/h5-11,13,16,20,26,41H,12,14-15,17H2,1-4H3/t20-,26-/m1/s1. The number of carbonyl (C=O) groups excluding carboxylic acids is 1. The first kappa shape index (κ1) is 29.7. The van der Waals surface area contributed by atoms with Crippen LogP contribution >= 0.6 is 0 Å². The number of alkyl halides is 3. The fourth-order valence-electron chi connectivity index (χ4n) is 6.13. The molecule has 0 radical (unpaired) electrons. The van der Waals surface area contributed by atoms with Crippen molar-refractivity contribution in [3.8, 4) is 34.0 Å². The smallest absolute Gasteiger partial charge is 0.417 e. The second kappa shape index (κ2) is 11.0. The predicted molar refractivity (Wildman–Crippen MR) is 155 cm³/mol. The Morgan fingerprint density at radius 1 is 1.07 bits per heavy atom. The number of aliphatic hydroxyl groups is 1. The van der Waals surface area contributed by atoms with E-state index in [-0.39, 0.29) is 23.9 Å². The van der Waals surface area contributed by atoms with E-state index < -0.39 is 23.4 Å². The van der Waals surface area contributed by atoms with Gasteiger partial charge in [-0.15, -0.1) is 0 Å². The lowest BCUT2D eigenvalue weighted by Crippen LogP contribution is -2.21. The third-order valence-electron chi connectivity index (χ3n) is 8.18. The summed E-state index contributed by atoms with van der Waals surface area (Å²) in [5, 5.41) is 14.7. The topological polar surface area (TPSA) is 95.7 Å². The molecular weight excluding hydrogens is 575 g/mol. The highest BCUT2D eigenvalue weighted by Gasteiger charge is 2.38. The fourth-order valence-corrected chi connectivity index (χ4v) is 6.13. The van der Waals surface area contributed by atoms with Crippen molar-refractivity contribution in [2.24, 2.45) is 7.05 Å². The number of aryl methyl sites for hydroxylation is 1. The van der Waals surface area contributed by atoms with Gasteiger partial charge in [0.15, 0.2) is 11.6 Å². The van der Waals surface area contributed by atoms with Crippen LogP contribution in [0, 0.1) is 0 Å². The van der Waals surface area contributed by atoms with E-state index in [9.17, 15) is 23.1 Å². The van der Waals surface area contributed by atoms with Gasteiger partial charge in [0.2, 0.25) is 0 Å². The molecule has 230 valence electrons. The van der Waals surface area contributed by atoms with Crippen LogP contribution in [0.2, 0.25) is 0 Å². The summed E-state index contributed by atoms with van der Waals surface area (Å²) < 4.78 is 61.2. The summed E-state index contributed by atoms with van der Waals surface area (Å²) in [5.41, 5.74) is 1.50. The van der Waals surface area contributed by atoms with Gasteiger partial charge in [0.25, 0.3) is 0 Å². The number of ether oxygens (including phenoxy) is 3. The molecule has 1 aliphatic carbocycles. The Kier molecular flexibility index (Phi) is 7.39. The monoisotopic (exact) mass is 607 g/mol. The molecule has 0 saturated heterocycles. The summed E-state index contributed by atoms with van der Waals surface area (Å²) in [4.78, 5) is 16.2. The molecule has 2 aliphatic rings.